The van der Waals surface area contributed by atoms with E-state index in [1.807, 2.05) is 6.92 Å². The number of hydrazine groups is 1. The van der Waals surface area contributed by atoms with E-state index < -0.39 is 0 Å². The van der Waals surface area contributed by atoms with Crippen LogP contribution in [0.15, 0.2) is 0 Å². The number of nitrogens with zero attached hydrogens (tertiary/aromatic N) is 3. The number of nitrogens with two attached hydrogens (primary N) is 1. The molecule has 0 aromatic carbocycles. The lowest BCUT2D eigenvalue weighted by Crippen LogP contribution is -2.27. The minimum absolute atomic E-state index is 0.213. The molecular weight excluding hydrogens is 260 g/mol. The topological polar surface area (TPSA) is 107 Å². The van der Waals surface area contributed by atoms with Crippen LogP contribution in [-0.4, -0.2) is 40.8 Å². The van der Waals surface area contributed by atoms with Gasteiger partial charge in [-0.2, -0.15) is 15.0 Å². The summed E-state index contributed by atoms with van der Waals surface area (Å²) in [6.45, 7) is 6.24. The molecule has 2 rings (SSSR count). The average molecular weight is 282 g/mol. The predicted octanol–water partition coefficient (Wildman–Crippen LogP) is 0.783. The summed E-state index contributed by atoms with van der Waals surface area (Å²) >= 11 is 0. The summed E-state index contributed by atoms with van der Waals surface area (Å²) in [7, 11) is 0. The number of anilines is 2. The standard InChI is InChI=1S/C12H22N6O2/c1-3-5-20-12-16-10(15-11(17-12)18-13)14-8(2)9-4-6-19-7-9/h8-9H,3-7,13H2,1-2H3,(H2,14,15,16,17,18). The van der Waals surface area contributed by atoms with Gasteiger partial charge in [0.2, 0.25) is 11.9 Å². The first-order valence-corrected chi connectivity index (χ1v) is 6.92. The van der Waals surface area contributed by atoms with Gasteiger partial charge in [-0.15, -0.1) is 0 Å². The van der Waals surface area contributed by atoms with E-state index in [4.69, 9.17) is 15.3 Å². The molecule has 4 N–H and O–H groups in total. The fourth-order valence-electron chi connectivity index (χ4n) is 2.01. The van der Waals surface area contributed by atoms with Crippen molar-refractivity contribution in [1.29, 1.82) is 0 Å². The highest BCUT2D eigenvalue weighted by Gasteiger charge is 2.23. The highest BCUT2D eigenvalue weighted by atomic mass is 16.5. The van der Waals surface area contributed by atoms with Gasteiger partial charge in [0.1, 0.15) is 0 Å². The van der Waals surface area contributed by atoms with Gasteiger partial charge >= 0.3 is 6.01 Å². The Balaban J connectivity index is 2.04. The second-order valence-corrected chi connectivity index (χ2v) is 4.81. The van der Waals surface area contributed by atoms with Crippen molar-refractivity contribution in [3.63, 3.8) is 0 Å². The van der Waals surface area contributed by atoms with Crippen LogP contribution >= 0.6 is 0 Å². The Kier molecular flexibility index (Phi) is 5.31. The Morgan fingerprint density at radius 2 is 2.20 bits per heavy atom. The van der Waals surface area contributed by atoms with Crippen LogP contribution in [0.2, 0.25) is 0 Å². The summed E-state index contributed by atoms with van der Waals surface area (Å²) < 4.78 is 10.8. The molecule has 0 aliphatic carbocycles. The first-order valence-electron chi connectivity index (χ1n) is 6.92. The maximum atomic E-state index is 5.42. The molecule has 0 saturated carbocycles. The van der Waals surface area contributed by atoms with E-state index in [9.17, 15) is 0 Å². The van der Waals surface area contributed by atoms with E-state index in [0.29, 0.717) is 18.5 Å². The number of ether oxygens (including phenoxy) is 2. The highest BCUT2D eigenvalue weighted by Crippen LogP contribution is 2.20. The summed E-state index contributed by atoms with van der Waals surface area (Å²) in [4.78, 5) is 12.5. The molecule has 2 atom stereocenters. The zero-order valence-corrected chi connectivity index (χ0v) is 11.9. The quantitative estimate of drug-likeness (QED) is 0.497. The molecule has 1 fully saturated rings. The molecule has 1 saturated heterocycles. The zero-order chi connectivity index (χ0) is 14.4. The molecule has 1 aromatic rings. The van der Waals surface area contributed by atoms with Gasteiger partial charge in [0.15, 0.2) is 0 Å². The van der Waals surface area contributed by atoms with Crippen LogP contribution in [0.1, 0.15) is 26.7 Å². The maximum absolute atomic E-state index is 5.42. The van der Waals surface area contributed by atoms with Gasteiger partial charge in [-0.05, 0) is 19.8 Å². The molecular formula is C12H22N6O2. The van der Waals surface area contributed by atoms with Crippen LogP contribution < -0.4 is 21.3 Å². The molecule has 0 amide bonds. The lowest BCUT2D eigenvalue weighted by molar-refractivity contribution is 0.183. The van der Waals surface area contributed by atoms with Crippen molar-refractivity contribution in [2.45, 2.75) is 32.7 Å². The summed E-state index contributed by atoms with van der Waals surface area (Å²) in [5, 5.41) is 3.26. The van der Waals surface area contributed by atoms with Crippen LogP contribution in [0.5, 0.6) is 6.01 Å². The van der Waals surface area contributed by atoms with Gasteiger partial charge in [0.05, 0.1) is 13.2 Å². The second-order valence-electron chi connectivity index (χ2n) is 4.81. The van der Waals surface area contributed by atoms with Crippen molar-refractivity contribution in [3.05, 3.63) is 0 Å². The van der Waals surface area contributed by atoms with Crippen molar-refractivity contribution in [3.8, 4) is 6.01 Å². The second kappa shape index (κ2) is 7.20. The molecule has 20 heavy (non-hydrogen) atoms. The molecule has 1 aliphatic rings. The predicted molar refractivity (Wildman–Crippen MR) is 75.4 cm³/mol. The number of nitrogens with one attached hydrogen (secondary N) is 2. The van der Waals surface area contributed by atoms with Gasteiger partial charge < -0.3 is 14.8 Å². The first-order chi connectivity index (χ1) is 9.72. The Hall–Kier alpha value is -1.67. The summed E-state index contributed by atoms with van der Waals surface area (Å²) in [6, 6.07) is 0.483. The third kappa shape index (κ3) is 3.91. The third-order valence-corrected chi connectivity index (χ3v) is 3.21. The Morgan fingerprint density at radius 1 is 1.40 bits per heavy atom. The number of rotatable bonds is 7. The van der Waals surface area contributed by atoms with E-state index in [1.165, 1.54) is 0 Å². The lowest BCUT2D eigenvalue weighted by Gasteiger charge is -2.19. The fourth-order valence-corrected chi connectivity index (χ4v) is 2.01. The minimum Gasteiger partial charge on any atom is -0.463 e. The molecule has 1 aliphatic heterocycles. The third-order valence-electron chi connectivity index (χ3n) is 3.21. The number of nitrogen functional groups attached to an aromatic ring is 1. The van der Waals surface area contributed by atoms with Gasteiger partial charge in [0, 0.05) is 18.6 Å². The monoisotopic (exact) mass is 282 g/mol. The van der Waals surface area contributed by atoms with E-state index in [-0.39, 0.29) is 18.0 Å². The fraction of sp³-hybridized carbons (Fsp3) is 0.750. The van der Waals surface area contributed by atoms with Crippen molar-refractivity contribution in [2.24, 2.45) is 11.8 Å². The minimum atomic E-state index is 0.213. The molecule has 2 unspecified atom stereocenters. The van der Waals surface area contributed by atoms with E-state index in [0.717, 1.165) is 26.1 Å². The Bertz CT molecular complexity index is 424. The van der Waals surface area contributed by atoms with E-state index in [2.05, 4.69) is 32.6 Å². The van der Waals surface area contributed by atoms with E-state index >= 15 is 0 Å². The number of hydrogen-bond acceptors (Lipinski definition) is 8. The molecule has 1 aromatic heterocycles. The molecule has 112 valence electrons. The maximum Gasteiger partial charge on any atom is 0.323 e. The highest BCUT2D eigenvalue weighted by molar-refractivity contribution is 5.35. The smallest absolute Gasteiger partial charge is 0.323 e. The van der Waals surface area contributed by atoms with Gasteiger partial charge in [0.25, 0.3) is 0 Å². The molecule has 8 nitrogen and oxygen atoms in total. The van der Waals surface area contributed by atoms with Crippen LogP contribution in [0.3, 0.4) is 0 Å². The largest absolute Gasteiger partial charge is 0.463 e. The summed E-state index contributed by atoms with van der Waals surface area (Å²) in [5.74, 6) is 6.56. The van der Waals surface area contributed by atoms with E-state index in [1.54, 1.807) is 0 Å². The first kappa shape index (κ1) is 14.7. The molecule has 8 heteroatoms. The van der Waals surface area contributed by atoms with Crippen LogP contribution in [0.25, 0.3) is 0 Å². The molecule has 2 heterocycles. The average Bonchev–Trinajstić information content (AvgIpc) is 2.99. The SMILES string of the molecule is CCCOc1nc(NN)nc(NC(C)C2CCOC2)n1. The normalized spacial score (nSPS) is 19.6. The Morgan fingerprint density at radius 3 is 2.85 bits per heavy atom. The van der Waals surface area contributed by atoms with Crippen LogP contribution in [0.4, 0.5) is 11.9 Å². The van der Waals surface area contributed by atoms with Crippen LogP contribution in [0, 0.1) is 5.92 Å². The summed E-state index contributed by atoms with van der Waals surface area (Å²) in [5.41, 5.74) is 2.42. The molecule has 0 spiro atoms. The van der Waals surface area contributed by atoms with Gasteiger partial charge in [-0.25, -0.2) is 5.84 Å². The van der Waals surface area contributed by atoms with Crippen molar-refractivity contribution < 1.29 is 9.47 Å². The van der Waals surface area contributed by atoms with Crippen molar-refractivity contribution >= 4 is 11.9 Å². The molecule has 0 radical (unpaired) electrons. The Labute approximate surface area is 118 Å². The number of hydrogen-bond donors (Lipinski definition) is 3. The van der Waals surface area contributed by atoms with Crippen molar-refractivity contribution in [1.82, 2.24) is 15.0 Å². The zero-order valence-electron chi connectivity index (χ0n) is 11.9. The molecule has 0 bridgehead atoms. The number of aromatic nitrogens is 3. The lowest BCUT2D eigenvalue weighted by atomic mass is 10.0. The van der Waals surface area contributed by atoms with Crippen molar-refractivity contribution in [2.75, 3.05) is 30.6 Å². The van der Waals surface area contributed by atoms with Gasteiger partial charge in [-0.1, -0.05) is 6.92 Å². The summed E-state index contributed by atoms with van der Waals surface area (Å²) in [6.07, 6.45) is 1.93. The van der Waals surface area contributed by atoms with Crippen LogP contribution in [-0.2, 0) is 4.74 Å². The van der Waals surface area contributed by atoms with Gasteiger partial charge in [-0.3, -0.25) is 5.43 Å².